The van der Waals surface area contributed by atoms with E-state index in [0.29, 0.717) is 11.1 Å². The van der Waals surface area contributed by atoms with Gasteiger partial charge in [-0.25, -0.2) is 4.39 Å². The van der Waals surface area contributed by atoms with Crippen molar-refractivity contribution < 1.29 is 9.18 Å². The minimum Gasteiger partial charge on any atom is -0.348 e. The Hall–Kier alpha value is -1.81. The molecule has 0 aliphatic carbocycles. The van der Waals surface area contributed by atoms with Crippen LogP contribution >= 0.6 is 11.8 Å². The maximum atomic E-state index is 13.5. The summed E-state index contributed by atoms with van der Waals surface area (Å²) < 4.78 is 13.5. The largest absolute Gasteiger partial charge is 0.348 e. The Kier molecular flexibility index (Phi) is 5.18. The lowest BCUT2D eigenvalue weighted by Gasteiger charge is -2.09. The highest BCUT2D eigenvalue weighted by molar-refractivity contribution is 7.99. The highest BCUT2D eigenvalue weighted by Gasteiger charge is 2.11. The van der Waals surface area contributed by atoms with Crippen LogP contribution in [0.1, 0.15) is 22.8 Å². The Morgan fingerprint density at radius 2 is 1.85 bits per heavy atom. The van der Waals surface area contributed by atoms with Gasteiger partial charge in [0.25, 0.3) is 5.91 Å². The van der Waals surface area contributed by atoms with E-state index < -0.39 is 0 Å². The third kappa shape index (κ3) is 3.61. The van der Waals surface area contributed by atoms with Gasteiger partial charge in [0.1, 0.15) is 5.82 Å². The van der Waals surface area contributed by atoms with Gasteiger partial charge >= 0.3 is 0 Å². The minimum atomic E-state index is -0.302. The maximum Gasteiger partial charge on any atom is 0.252 e. The lowest BCUT2D eigenvalue weighted by molar-refractivity contribution is 0.0947. The van der Waals surface area contributed by atoms with Gasteiger partial charge in [-0.3, -0.25) is 4.79 Å². The van der Waals surface area contributed by atoms with Gasteiger partial charge in [0.2, 0.25) is 0 Å². The van der Waals surface area contributed by atoms with Gasteiger partial charge in [0.15, 0.2) is 0 Å². The molecule has 20 heavy (non-hydrogen) atoms. The van der Waals surface area contributed by atoms with Crippen LogP contribution in [0.15, 0.2) is 53.4 Å². The summed E-state index contributed by atoms with van der Waals surface area (Å²) >= 11 is 1.62. The quantitative estimate of drug-likeness (QED) is 0.847. The Labute approximate surface area is 122 Å². The summed E-state index contributed by atoms with van der Waals surface area (Å²) in [5.74, 6) is 0.422. The molecular weight excluding hydrogens is 273 g/mol. The zero-order valence-corrected chi connectivity index (χ0v) is 12.0. The molecule has 0 aromatic heterocycles. The van der Waals surface area contributed by atoms with Crippen LogP contribution in [-0.2, 0) is 6.54 Å². The van der Waals surface area contributed by atoms with E-state index in [9.17, 15) is 9.18 Å². The number of thioether (sulfide) groups is 1. The topological polar surface area (TPSA) is 29.1 Å². The number of carbonyl (C=O) groups is 1. The molecule has 2 aromatic rings. The van der Waals surface area contributed by atoms with E-state index in [4.69, 9.17) is 0 Å². The van der Waals surface area contributed by atoms with E-state index in [0.717, 1.165) is 10.6 Å². The van der Waals surface area contributed by atoms with Gasteiger partial charge in [-0.05, 0) is 24.0 Å². The van der Waals surface area contributed by atoms with E-state index in [1.807, 2.05) is 25.1 Å². The number of halogens is 1. The molecule has 0 aliphatic rings. The SMILES string of the molecule is CCSc1ccccc1C(=O)NCc1ccccc1F. The Morgan fingerprint density at radius 3 is 2.60 bits per heavy atom. The highest BCUT2D eigenvalue weighted by Crippen LogP contribution is 2.22. The second kappa shape index (κ2) is 7.10. The number of rotatable bonds is 5. The summed E-state index contributed by atoms with van der Waals surface area (Å²) in [7, 11) is 0. The van der Waals surface area contributed by atoms with Gasteiger partial charge in [0.05, 0.1) is 5.56 Å². The van der Waals surface area contributed by atoms with Crippen molar-refractivity contribution in [1.29, 1.82) is 0 Å². The van der Waals surface area contributed by atoms with Crippen molar-refractivity contribution in [2.75, 3.05) is 5.75 Å². The first-order valence-corrected chi connectivity index (χ1v) is 7.44. The van der Waals surface area contributed by atoms with E-state index >= 15 is 0 Å². The molecule has 0 atom stereocenters. The number of hydrogen-bond donors (Lipinski definition) is 1. The third-order valence-corrected chi connectivity index (χ3v) is 3.78. The molecule has 2 aromatic carbocycles. The van der Waals surface area contributed by atoms with Crippen LogP contribution in [0.2, 0.25) is 0 Å². The fourth-order valence-electron chi connectivity index (χ4n) is 1.85. The molecule has 0 spiro atoms. The molecule has 2 nitrogen and oxygen atoms in total. The second-order valence-electron chi connectivity index (χ2n) is 4.20. The molecule has 0 radical (unpaired) electrons. The van der Waals surface area contributed by atoms with Crippen LogP contribution in [0.5, 0.6) is 0 Å². The summed E-state index contributed by atoms with van der Waals surface area (Å²) in [6.07, 6.45) is 0. The van der Waals surface area contributed by atoms with Crippen molar-refractivity contribution in [2.24, 2.45) is 0 Å². The van der Waals surface area contributed by atoms with E-state index in [-0.39, 0.29) is 18.3 Å². The first-order valence-electron chi connectivity index (χ1n) is 6.45. The van der Waals surface area contributed by atoms with Gasteiger partial charge < -0.3 is 5.32 Å². The van der Waals surface area contributed by atoms with Gasteiger partial charge in [-0.15, -0.1) is 11.8 Å². The van der Waals surface area contributed by atoms with E-state index in [2.05, 4.69) is 5.32 Å². The van der Waals surface area contributed by atoms with Crippen molar-refractivity contribution in [3.8, 4) is 0 Å². The number of hydrogen-bond acceptors (Lipinski definition) is 2. The van der Waals surface area contributed by atoms with Crippen molar-refractivity contribution in [3.05, 3.63) is 65.5 Å². The Balaban J connectivity index is 2.07. The van der Waals surface area contributed by atoms with Crippen LogP contribution in [-0.4, -0.2) is 11.7 Å². The molecular formula is C16H16FNOS. The summed E-state index contributed by atoms with van der Waals surface area (Å²) in [5.41, 5.74) is 1.12. The monoisotopic (exact) mass is 289 g/mol. The second-order valence-corrected chi connectivity index (χ2v) is 5.51. The molecule has 1 amide bonds. The fourth-order valence-corrected chi connectivity index (χ4v) is 2.65. The molecule has 2 rings (SSSR count). The minimum absolute atomic E-state index is 0.176. The van der Waals surface area contributed by atoms with Crippen molar-refractivity contribution in [3.63, 3.8) is 0 Å². The summed E-state index contributed by atoms with van der Waals surface area (Å²) in [6.45, 7) is 2.23. The summed E-state index contributed by atoms with van der Waals surface area (Å²) in [6, 6.07) is 13.9. The van der Waals surface area contributed by atoms with Crippen molar-refractivity contribution in [1.82, 2.24) is 5.32 Å². The standard InChI is InChI=1S/C16H16FNOS/c1-2-20-15-10-6-4-8-13(15)16(19)18-11-12-7-3-5-9-14(12)17/h3-10H,2,11H2,1H3,(H,18,19). The molecule has 104 valence electrons. The number of amides is 1. The Morgan fingerprint density at radius 1 is 1.15 bits per heavy atom. The van der Waals surface area contributed by atoms with E-state index in [1.165, 1.54) is 6.07 Å². The van der Waals surface area contributed by atoms with Crippen LogP contribution in [0.25, 0.3) is 0 Å². The normalized spacial score (nSPS) is 10.3. The molecule has 0 fully saturated rings. The molecule has 0 unspecified atom stereocenters. The zero-order valence-electron chi connectivity index (χ0n) is 11.2. The van der Waals surface area contributed by atoms with Crippen molar-refractivity contribution >= 4 is 17.7 Å². The van der Waals surface area contributed by atoms with Crippen LogP contribution in [0, 0.1) is 5.82 Å². The number of benzene rings is 2. The molecule has 0 saturated heterocycles. The maximum absolute atomic E-state index is 13.5. The van der Waals surface area contributed by atoms with Gasteiger partial charge in [-0.2, -0.15) is 0 Å². The molecule has 4 heteroatoms. The molecule has 0 bridgehead atoms. The van der Waals surface area contributed by atoms with E-state index in [1.54, 1.807) is 36.0 Å². The average molecular weight is 289 g/mol. The van der Waals surface area contributed by atoms with Gasteiger partial charge in [-0.1, -0.05) is 37.3 Å². The van der Waals surface area contributed by atoms with Crippen LogP contribution in [0.4, 0.5) is 4.39 Å². The smallest absolute Gasteiger partial charge is 0.252 e. The third-order valence-electron chi connectivity index (χ3n) is 2.83. The highest BCUT2D eigenvalue weighted by atomic mass is 32.2. The Bertz CT molecular complexity index is 601. The predicted octanol–water partition coefficient (Wildman–Crippen LogP) is 3.87. The molecule has 0 heterocycles. The van der Waals surface area contributed by atoms with Crippen molar-refractivity contribution in [2.45, 2.75) is 18.4 Å². The average Bonchev–Trinajstić information content (AvgIpc) is 2.47. The lowest BCUT2D eigenvalue weighted by Crippen LogP contribution is -2.23. The first-order chi connectivity index (χ1) is 9.72. The molecule has 1 N–H and O–H groups in total. The van der Waals surface area contributed by atoms with Crippen LogP contribution in [0.3, 0.4) is 0 Å². The predicted molar refractivity (Wildman–Crippen MR) is 80.4 cm³/mol. The first kappa shape index (κ1) is 14.6. The van der Waals surface area contributed by atoms with Gasteiger partial charge in [0, 0.05) is 17.0 Å². The fraction of sp³-hybridized carbons (Fsp3) is 0.188. The summed E-state index contributed by atoms with van der Waals surface area (Å²) in [5, 5.41) is 2.76. The number of carbonyl (C=O) groups excluding carboxylic acids is 1. The van der Waals surface area contributed by atoms with Crippen LogP contribution < -0.4 is 5.32 Å². The number of nitrogens with one attached hydrogen (secondary N) is 1. The molecule has 0 saturated carbocycles. The summed E-state index contributed by atoms with van der Waals surface area (Å²) in [4.78, 5) is 13.1. The lowest BCUT2D eigenvalue weighted by atomic mass is 10.2. The molecule has 0 aliphatic heterocycles. The zero-order chi connectivity index (χ0) is 14.4.